The number of rotatable bonds is 14. The molecule has 262 valence electrons. The van der Waals surface area contributed by atoms with Crippen LogP contribution in [-0.4, -0.2) is 84.9 Å². The van der Waals surface area contributed by atoms with Crippen LogP contribution in [-0.2, 0) is 19.1 Å². The Kier molecular flexibility index (Phi) is 11.3. The summed E-state index contributed by atoms with van der Waals surface area (Å²) in [5.74, 6) is -66.1. The average Bonchev–Trinajstić information content (AvgIpc) is 2.79. The van der Waals surface area contributed by atoms with E-state index in [1.54, 1.807) is 0 Å². The second kappa shape index (κ2) is 12.0. The molecule has 0 N–H and O–H groups in total. The molecule has 26 heteroatoms. The Hall–Kier alpha value is -2.60. The molecular weight excluding hydrogens is 698 g/mol. The van der Waals surface area contributed by atoms with Gasteiger partial charge in [-0.2, -0.15) is 96.6 Å². The molecule has 0 saturated carbocycles. The second-order valence-electron chi connectivity index (χ2n) is 8.69. The summed E-state index contributed by atoms with van der Waals surface area (Å²) >= 11 is 0. The van der Waals surface area contributed by atoms with Crippen LogP contribution in [0.15, 0.2) is 0 Å². The zero-order chi connectivity index (χ0) is 36.0. The molecule has 0 aliphatic rings. The van der Waals surface area contributed by atoms with E-state index < -0.39 is 104 Å². The fourth-order valence-electron chi connectivity index (χ4n) is 2.49. The molecule has 0 aliphatic carbocycles. The Morgan fingerprint density at radius 3 is 0.864 bits per heavy atom. The van der Waals surface area contributed by atoms with Crippen LogP contribution in [0.1, 0.15) is 19.8 Å². The van der Waals surface area contributed by atoms with Crippen molar-refractivity contribution in [1.29, 1.82) is 0 Å². The predicted molar refractivity (Wildman–Crippen MR) is 92.0 cm³/mol. The molecule has 0 spiro atoms. The molecule has 0 saturated heterocycles. The first-order valence-electron chi connectivity index (χ1n) is 10.4. The van der Waals surface area contributed by atoms with Gasteiger partial charge in [-0.1, -0.05) is 6.92 Å². The first-order chi connectivity index (χ1) is 18.9. The third-order valence-corrected chi connectivity index (χ3v) is 5.07. The van der Waals surface area contributed by atoms with E-state index in [2.05, 4.69) is 9.47 Å². The number of carbonyl (C=O) groups excluding carboxylic acids is 2. The molecule has 0 amide bonds. The van der Waals surface area contributed by atoms with Gasteiger partial charge in [0.1, 0.15) is 0 Å². The molecule has 0 aromatic rings. The molecule has 0 bridgehead atoms. The highest BCUT2D eigenvalue weighted by molar-refractivity contribution is 5.73. The molecule has 0 aliphatic heterocycles. The van der Waals surface area contributed by atoms with Crippen molar-refractivity contribution in [3.63, 3.8) is 0 Å². The van der Waals surface area contributed by atoms with Gasteiger partial charge in [0.25, 0.3) is 0 Å². The van der Waals surface area contributed by atoms with Gasteiger partial charge < -0.3 is 9.47 Å². The zero-order valence-corrected chi connectivity index (χ0v) is 20.4. The van der Waals surface area contributed by atoms with Gasteiger partial charge in [0, 0.05) is 12.8 Å². The number of esters is 2. The first kappa shape index (κ1) is 41.4. The summed E-state index contributed by atoms with van der Waals surface area (Å²) in [4.78, 5) is 22.8. The third kappa shape index (κ3) is 7.27. The average molecular weight is 710 g/mol. The van der Waals surface area contributed by atoms with Gasteiger partial charge in [-0.25, -0.2) is 0 Å². The van der Waals surface area contributed by atoms with Gasteiger partial charge in [0.05, 0.1) is 0 Å². The van der Waals surface area contributed by atoms with E-state index in [4.69, 9.17) is 0 Å². The van der Waals surface area contributed by atoms with Crippen molar-refractivity contribution < 1.29 is 116 Å². The molecule has 0 aromatic carbocycles. The van der Waals surface area contributed by atoms with Gasteiger partial charge in [0.15, 0.2) is 13.2 Å². The molecule has 44 heavy (non-hydrogen) atoms. The molecule has 0 heterocycles. The fourth-order valence-corrected chi connectivity index (χ4v) is 2.49. The van der Waals surface area contributed by atoms with Crippen molar-refractivity contribution in [2.45, 2.75) is 79.5 Å². The minimum Gasteiger partial charge on any atom is -0.459 e. The maximum atomic E-state index is 13.5. The van der Waals surface area contributed by atoms with Crippen LogP contribution in [0.3, 0.4) is 0 Å². The monoisotopic (exact) mass is 710 g/mol. The highest BCUT2D eigenvalue weighted by Crippen LogP contribution is 2.58. The molecule has 0 radical (unpaired) electrons. The molecule has 4 nitrogen and oxygen atoms in total. The number of halogens is 22. The Bertz CT molecular complexity index is 947. The molecule has 0 atom stereocenters. The number of ether oxygens (including phenoxy) is 2. The fraction of sp³-hybridized carbons (Fsp3) is 0.889. The molecule has 0 rings (SSSR count). The van der Waals surface area contributed by atoms with E-state index in [1.807, 2.05) is 0 Å². The summed E-state index contributed by atoms with van der Waals surface area (Å²) in [5.41, 5.74) is 0. The van der Waals surface area contributed by atoms with Crippen LogP contribution in [0, 0.1) is 5.92 Å². The van der Waals surface area contributed by atoms with E-state index in [0.717, 1.165) is 0 Å². The Labute approximate surface area is 227 Å². The van der Waals surface area contributed by atoms with Crippen LogP contribution in [0.4, 0.5) is 96.6 Å². The van der Waals surface area contributed by atoms with Crippen molar-refractivity contribution in [3.05, 3.63) is 0 Å². The van der Waals surface area contributed by atoms with E-state index in [1.165, 1.54) is 0 Å². The van der Waals surface area contributed by atoms with Crippen LogP contribution in [0.25, 0.3) is 0 Å². The number of alkyl halides is 22. The lowest BCUT2D eigenvalue weighted by molar-refractivity contribution is -0.423. The predicted octanol–water partition coefficient (Wildman–Crippen LogP) is 7.70. The van der Waals surface area contributed by atoms with Gasteiger partial charge in [0.2, 0.25) is 0 Å². The lowest BCUT2D eigenvalue weighted by atomic mass is 9.98. The number of carbonyl (C=O) groups is 2. The van der Waals surface area contributed by atoms with Crippen LogP contribution >= 0.6 is 0 Å². The van der Waals surface area contributed by atoms with Crippen LogP contribution in [0.5, 0.6) is 0 Å². The minimum atomic E-state index is -7.85. The summed E-state index contributed by atoms with van der Waals surface area (Å²) in [6, 6.07) is 0. The first-order valence-corrected chi connectivity index (χ1v) is 10.4. The Morgan fingerprint density at radius 1 is 0.432 bits per heavy atom. The summed E-state index contributed by atoms with van der Waals surface area (Å²) in [6.45, 7) is -6.08. The standard InChI is InChI=1S/C18H12F22O4/c1-6(2-7(41)43-4-9(19,20)11(23,24)13(27,28)15(31,32)17(35,36)37)3-8(42)44-5-10(21,22)12(25,26)14(29,30)16(33,34)18(38,39)40/h6H,2-5H2,1H3. The third-order valence-electron chi connectivity index (χ3n) is 5.07. The lowest BCUT2D eigenvalue weighted by Gasteiger charge is -2.37. The van der Waals surface area contributed by atoms with Gasteiger partial charge >= 0.3 is 71.7 Å². The second-order valence-corrected chi connectivity index (χ2v) is 8.69. The molecule has 0 aromatic heterocycles. The Morgan fingerprint density at radius 2 is 0.659 bits per heavy atom. The maximum Gasteiger partial charge on any atom is 0.460 e. The summed E-state index contributed by atoms with van der Waals surface area (Å²) in [6.07, 6.45) is -18.1. The van der Waals surface area contributed by atoms with Crippen LogP contribution in [0.2, 0.25) is 0 Å². The largest absolute Gasteiger partial charge is 0.460 e. The highest BCUT2D eigenvalue weighted by Gasteiger charge is 2.88. The highest BCUT2D eigenvalue weighted by atomic mass is 19.4. The quantitative estimate of drug-likeness (QED) is 0.137. The summed E-state index contributed by atoms with van der Waals surface area (Å²) in [5, 5.41) is 0. The smallest absolute Gasteiger partial charge is 0.459 e. The zero-order valence-electron chi connectivity index (χ0n) is 20.4. The number of hydrogen-bond acceptors (Lipinski definition) is 4. The van der Waals surface area contributed by atoms with E-state index >= 15 is 0 Å². The van der Waals surface area contributed by atoms with Crippen LogP contribution < -0.4 is 0 Å². The normalized spacial score (nSPS) is 15.5. The maximum absolute atomic E-state index is 13.5. The van der Waals surface area contributed by atoms with Gasteiger partial charge in [-0.05, 0) is 5.92 Å². The lowest BCUT2D eigenvalue weighted by Crippen LogP contribution is -2.67. The van der Waals surface area contributed by atoms with Gasteiger partial charge in [-0.15, -0.1) is 0 Å². The van der Waals surface area contributed by atoms with E-state index in [0.29, 0.717) is 6.92 Å². The summed E-state index contributed by atoms with van der Waals surface area (Å²) < 4.78 is 290. The summed E-state index contributed by atoms with van der Waals surface area (Å²) in [7, 11) is 0. The SMILES string of the molecule is CC(CC(=O)OCC(F)(F)C(F)(F)C(F)(F)C(F)(F)C(F)(F)F)CC(=O)OCC(F)(F)C(F)(F)C(F)(F)C(F)(F)C(F)(F)F. The van der Waals surface area contributed by atoms with E-state index in [-0.39, 0.29) is 0 Å². The molecule has 0 unspecified atom stereocenters. The number of hydrogen-bond donors (Lipinski definition) is 0. The van der Waals surface area contributed by atoms with Crippen molar-refractivity contribution in [1.82, 2.24) is 0 Å². The van der Waals surface area contributed by atoms with Crippen molar-refractivity contribution >= 4 is 11.9 Å². The topological polar surface area (TPSA) is 52.6 Å². The van der Waals surface area contributed by atoms with Crippen molar-refractivity contribution in [2.75, 3.05) is 13.2 Å². The molecule has 0 fully saturated rings. The molecular formula is C18H12F22O4. The minimum absolute atomic E-state index is 0.568. The van der Waals surface area contributed by atoms with E-state index in [9.17, 15) is 106 Å². The van der Waals surface area contributed by atoms with Crippen molar-refractivity contribution in [2.24, 2.45) is 5.92 Å². The van der Waals surface area contributed by atoms with Gasteiger partial charge in [-0.3, -0.25) is 9.59 Å². The van der Waals surface area contributed by atoms with Crippen molar-refractivity contribution in [3.8, 4) is 0 Å². The Balaban J connectivity index is 5.38.